The summed E-state index contributed by atoms with van der Waals surface area (Å²) in [4.78, 5) is 25.7. The van der Waals surface area contributed by atoms with Crippen LogP contribution in [0.5, 0.6) is 0 Å². The van der Waals surface area contributed by atoms with E-state index in [9.17, 15) is 9.59 Å². The second-order valence-corrected chi connectivity index (χ2v) is 9.04. The van der Waals surface area contributed by atoms with Gasteiger partial charge in [0.05, 0.1) is 0 Å². The molecule has 24 heavy (non-hydrogen) atoms. The van der Waals surface area contributed by atoms with Crippen molar-refractivity contribution in [2.45, 2.75) is 78.2 Å². The standard InChI is InChI=1S/C20H34N2O2/c1-4-5-6-21-18(23)17(13(2)3)22-19(24)20-10-14-7-15(11-20)9-16(8-14)12-20/h13-17H,4-12H2,1-3H3,(H,21,23)(H,22,24)/t14?,15?,16?,17-,20?/m0/s1. The SMILES string of the molecule is CCCCNC(=O)[C@@H](NC(=O)C12CC3CC(CC(C3)C1)C2)C(C)C. The number of hydrogen-bond acceptors (Lipinski definition) is 2. The van der Waals surface area contributed by atoms with Crippen molar-refractivity contribution >= 4 is 11.8 Å². The van der Waals surface area contributed by atoms with E-state index in [1.165, 1.54) is 19.3 Å². The van der Waals surface area contributed by atoms with Crippen LogP contribution in [0.2, 0.25) is 0 Å². The van der Waals surface area contributed by atoms with Crippen LogP contribution in [0, 0.1) is 29.1 Å². The van der Waals surface area contributed by atoms with Crippen LogP contribution in [-0.2, 0) is 9.59 Å². The molecule has 4 saturated carbocycles. The zero-order valence-electron chi connectivity index (χ0n) is 15.6. The molecule has 2 amide bonds. The molecule has 0 aliphatic heterocycles. The Kier molecular flexibility index (Phi) is 5.22. The van der Waals surface area contributed by atoms with E-state index in [-0.39, 0.29) is 23.1 Å². The van der Waals surface area contributed by atoms with Crippen molar-refractivity contribution < 1.29 is 9.59 Å². The molecule has 1 atom stereocenters. The predicted molar refractivity (Wildman–Crippen MR) is 95.3 cm³/mol. The third-order valence-electron chi connectivity index (χ3n) is 6.59. The molecule has 4 nitrogen and oxygen atoms in total. The number of carbonyl (C=O) groups excluding carboxylic acids is 2. The molecule has 4 fully saturated rings. The minimum Gasteiger partial charge on any atom is -0.354 e. The summed E-state index contributed by atoms with van der Waals surface area (Å²) in [7, 11) is 0. The van der Waals surface area contributed by atoms with Crippen LogP contribution < -0.4 is 10.6 Å². The molecule has 0 aromatic rings. The van der Waals surface area contributed by atoms with Gasteiger partial charge in [0.15, 0.2) is 0 Å². The van der Waals surface area contributed by atoms with Crippen LogP contribution >= 0.6 is 0 Å². The zero-order chi connectivity index (χ0) is 17.3. The molecule has 0 spiro atoms. The Bertz CT molecular complexity index is 451. The van der Waals surface area contributed by atoms with Crippen molar-refractivity contribution in [3.63, 3.8) is 0 Å². The molecule has 4 aliphatic rings. The molecule has 0 saturated heterocycles. The summed E-state index contributed by atoms with van der Waals surface area (Å²) in [5, 5.41) is 6.14. The van der Waals surface area contributed by atoms with Gasteiger partial charge >= 0.3 is 0 Å². The average molecular weight is 335 g/mol. The topological polar surface area (TPSA) is 58.2 Å². The van der Waals surface area contributed by atoms with Crippen molar-refractivity contribution in [3.8, 4) is 0 Å². The van der Waals surface area contributed by atoms with E-state index in [1.807, 2.05) is 13.8 Å². The molecule has 0 unspecified atom stereocenters. The number of unbranched alkanes of at least 4 members (excludes halogenated alkanes) is 1. The molecular formula is C20H34N2O2. The lowest BCUT2D eigenvalue weighted by Crippen LogP contribution is -2.58. The van der Waals surface area contributed by atoms with Gasteiger partial charge < -0.3 is 10.6 Å². The quantitative estimate of drug-likeness (QED) is 0.702. The Morgan fingerprint density at radius 3 is 2.04 bits per heavy atom. The number of hydrogen-bond donors (Lipinski definition) is 2. The van der Waals surface area contributed by atoms with Crippen LogP contribution in [0.1, 0.15) is 72.1 Å². The predicted octanol–water partition coefficient (Wildman–Crippen LogP) is 3.26. The third-order valence-corrected chi connectivity index (χ3v) is 6.59. The molecule has 136 valence electrons. The molecule has 4 heteroatoms. The second kappa shape index (κ2) is 7.05. The van der Waals surface area contributed by atoms with E-state index in [1.54, 1.807) is 0 Å². The van der Waals surface area contributed by atoms with Gasteiger partial charge in [-0.25, -0.2) is 0 Å². The normalized spacial score (nSPS) is 35.1. The van der Waals surface area contributed by atoms with E-state index in [2.05, 4.69) is 17.6 Å². The van der Waals surface area contributed by atoms with Crippen LogP contribution in [0.4, 0.5) is 0 Å². The maximum atomic E-state index is 13.2. The first kappa shape index (κ1) is 17.8. The Morgan fingerprint density at radius 1 is 1.04 bits per heavy atom. The maximum Gasteiger partial charge on any atom is 0.242 e. The van der Waals surface area contributed by atoms with E-state index >= 15 is 0 Å². The molecule has 0 heterocycles. The summed E-state index contributed by atoms with van der Waals surface area (Å²) in [5.74, 6) is 2.50. The van der Waals surface area contributed by atoms with Crippen LogP contribution in [0.3, 0.4) is 0 Å². The first-order valence-electron chi connectivity index (χ1n) is 10.0. The van der Waals surface area contributed by atoms with Crippen molar-refractivity contribution in [1.29, 1.82) is 0 Å². The van der Waals surface area contributed by atoms with E-state index in [0.717, 1.165) is 49.9 Å². The van der Waals surface area contributed by atoms with Gasteiger partial charge in [-0.2, -0.15) is 0 Å². The summed E-state index contributed by atoms with van der Waals surface area (Å²) in [6, 6.07) is -0.401. The summed E-state index contributed by atoms with van der Waals surface area (Å²) in [5.41, 5.74) is -0.175. The van der Waals surface area contributed by atoms with E-state index in [4.69, 9.17) is 0 Å². The van der Waals surface area contributed by atoms with Gasteiger partial charge in [0.2, 0.25) is 11.8 Å². The molecule has 4 bridgehead atoms. The van der Waals surface area contributed by atoms with Crippen LogP contribution in [0.15, 0.2) is 0 Å². The monoisotopic (exact) mass is 334 g/mol. The fraction of sp³-hybridized carbons (Fsp3) is 0.900. The number of amides is 2. The minimum atomic E-state index is -0.401. The highest BCUT2D eigenvalue weighted by molar-refractivity contribution is 5.90. The third kappa shape index (κ3) is 3.48. The first-order chi connectivity index (χ1) is 11.4. The van der Waals surface area contributed by atoms with Gasteiger partial charge in [0.1, 0.15) is 6.04 Å². The summed E-state index contributed by atoms with van der Waals surface area (Å²) in [6.07, 6.45) is 9.19. The van der Waals surface area contributed by atoms with Gasteiger partial charge in [-0.05, 0) is 68.6 Å². The van der Waals surface area contributed by atoms with Crippen LogP contribution in [0.25, 0.3) is 0 Å². The lowest BCUT2D eigenvalue weighted by Gasteiger charge is -2.55. The average Bonchev–Trinajstić information content (AvgIpc) is 2.50. The first-order valence-corrected chi connectivity index (χ1v) is 10.0. The Labute approximate surface area is 146 Å². The number of carbonyl (C=O) groups is 2. The smallest absolute Gasteiger partial charge is 0.242 e. The number of nitrogens with one attached hydrogen (secondary N) is 2. The van der Waals surface area contributed by atoms with Crippen molar-refractivity contribution in [1.82, 2.24) is 10.6 Å². The zero-order valence-corrected chi connectivity index (χ0v) is 15.6. The van der Waals surface area contributed by atoms with Gasteiger partial charge in [-0.1, -0.05) is 27.2 Å². The molecule has 0 aromatic carbocycles. The molecule has 0 radical (unpaired) electrons. The van der Waals surface area contributed by atoms with Gasteiger partial charge in [0, 0.05) is 12.0 Å². The molecule has 4 rings (SSSR count). The Balaban J connectivity index is 1.64. The van der Waals surface area contributed by atoms with Gasteiger partial charge in [-0.3, -0.25) is 9.59 Å². The Hall–Kier alpha value is -1.06. The van der Waals surface area contributed by atoms with E-state index in [0.29, 0.717) is 6.54 Å². The van der Waals surface area contributed by atoms with Crippen molar-refractivity contribution in [2.75, 3.05) is 6.54 Å². The summed E-state index contributed by atoms with van der Waals surface area (Å²) < 4.78 is 0. The minimum absolute atomic E-state index is 0.0171. The lowest BCUT2D eigenvalue weighted by atomic mass is 9.49. The highest BCUT2D eigenvalue weighted by Gasteiger charge is 2.55. The molecule has 2 N–H and O–H groups in total. The van der Waals surface area contributed by atoms with Crippen molar-refractivity contribution in [3.05, 3.63) is 0 Å². The fourth-order valence-corrected chi connectivity index (χ4v) is 5.72. The lowest BCUT2D eigenvalue weighted by molar-refractivity contribution is -0.149. The van der Waals surface area contributed by atoms with Gasteiger partial charge in [0.25, 0.3) is 0 Å². The summed E-state index contributed by atoms with van der Waals surface area (Å²) >= 11 is 0. The second-order valence-electron chi connectivity index (χ2n) is 9.04. The number of rotatable bonds is 7. The largest absolute Gasteiger partial charge is 0.354 e. The molecular weight excluding hydrogens is 300 g/mol. The summed E-state index contributed by atoms with van der Waals surface area (Å²) in [6.45, 7) is 6.85. The highest BCUT2D eigenvalue weighted by atomic mass is 16.2. The van der Waals surface area contributed by atoms with Crippen LogP contribution in [-0.4, -0.2) is 24.4 Å². The maximum absolute atomic E-state index is 13.2. The van der Waals surface area contributed by atoms with Crippen molar-refractivity contribution in [2.24, 2.45) is 29.1 Å². The highest BCUT2D eigenvalue weighted by Crippen LogP contribution is 2.60. The molecule has 0 aromatic heterocycles. The van der Waals surface area contributed by atoms with E-state index < -0.39 is 6.04 Å². The van der Waals surface area contributed by atoms with Gasteiger partial charge in [-0.15, -0.1) is 0 Å². The fourth-order valence-electron chi connectivity index (χ4n) is 5.72. The Morgan fingerprint density at radius 2 is 1.58 bits per heavy atom. The molecule has 4 aliphatic carbocycles.